The van der Waals surface area contributed by atoms with Crippen LogP contribution >= 0.6 is 47.8 Å². The van der Waals surface area contributed by atoms with Crippen LogP contribution in [0, 0.1) is 5.92 Å². The number of rotatable bonds is 5. The first kappa shape index (κ1) is 16.8. The highest BCUT2D eigenvalue weighted by molar-refractivity contribution is 9.11. The van der Waals surface area contributed by atoms with E-state index >= 15 is 0 Å². The number of carboxylic acid groups (broad SMARTS) is 1. The van der Waals surface area contributed by atoms with Gasteiger partial charge < -0.3 is 15.7 Å². The van der Waals surface area contributed by atoms with Gasteiger partial charge in [0.1, 0.15) is 0 Å². The molecule has 1 atom stereocenters. The maximum absolute atomic E-state index is 12.1. The van der Waals surface area contributed by atoms with Crippen LogP contribution in [-0.4, -0.2) is 23.1 Å². The van der Waals surface area contributed by atoms with Crippen molar-refractivity contribution >= 4 is 65.5 Å². The molecule has 8 heteroatoms. The van der Waals surface area contributed by atoms with E-state index in [1.165, 1.54) is 0 Å². The van der Waals surface area contributed by atoms with Gasteiger partial charge in [0, 0.05) is 19.5 Å². The van der Waals surface area contributed by atoms with Gasteiger partial charge in [-0.15, -0.1) is 0 Å². The number of aliphatic carboxylic acids is 1. The molecule has 1 fully saturated rings. The van der Waals surface area contributed by atoms with E-state index in [2.05, 4.69) is 58.4 Å². The average Bonchev–Trinajstić information content (AvgIpc) is 3.16. The molecule has 5 nitrogen and oxygen atoms in total. The molecule has 0 bridgehead atoms. The fourth-order valence-corrected chi connectivity index (χ4v) is 4.46. The predicted molar refractivity (Wildman–Crippen MR) is 90.5 cm³/mol. The first-order valence-corrected chi connectivity index (χ1v) is 8.68. The van der Waals surface area contributed by atoms with Gasteiger partial charge in [-0.25, -0.2) is 4.79 Å². The van der Waals surface area contributed by atoms with Crippen LogP contribution in [0.15, 0.2) is 25.6 Å². The summed E-state index contributed by atoms with van der Waals surface area (Å²) in [6.07, 6.45) is 1.87. The van der Waals surface area contributed by atoms with Gasteiger partial charge in [-0.3, -0.25) is 4.79 Å². The van der Waals surface area contributed by atoms with Crippen molar-refractivity contribution in [1.29, 1.82) is 0 Å². The molecule has 21 heavy (non-hydrogen) atoms. The second-order valence-corrected chi connectivity index (χ2v) is 7.51. The van der Waals surface area contributed by atoms with Gasteiger partial charge in [-0.2, -0.15) is 0 Å². The minimum atomic E-state index is -0.904. The van der Waals surface area contributed by atoms with Crippen LogP contribution in [-0.2, 0) is 4.79 Å². The van der Waals surface area contributed by atoms with Crippen LogP contribution in [0.1, 0.15) is 19.3 Å². The highest BCUT2D eigenvalue weighted by Crippen LogP contribution is 2.35. The number of benzene rings is 1. The Morgan fingerprint density at radius 2 is 1.81 bits per heavy atom. The van der Waals surface area contributed by atoms with Crippen molar-refractivity contribution in [3.8, 4) is 0 Å². The number of urea groups is 1. The first-order chi connectivity index (χ1) is 9.86. The Labute approximate surface area is 147 Å². The molecule has 0 heterocycles. The molecule has 3 N–H and O–H groups in total. The summed E-state index contributed by atoms with van der Waals surface area (Å²) < 4.78 is 2.31. The third kappa shape index (κ3) is 4.96. The van der Waals surface area contributed by atoms with E-state index in [1.54, 1.807) is 0 Å². The molecule has 0 aliphatic heterocycles. The van der Waals surface area contributed by atoms with Crippen LogP contribution in [0.5, 0.6) is 0 Å². The summed E-state index contributed by atoms with van der Waals surface area (Å²) in [7, 11) is 0. The fraction of sp³-hybridized carbons (Fsp3) is 0.385. The number of carbonyl (C=O) groups excluding carboxylic acids is 1. The lowest BCUT2D eigenvalue weighted by Gasteiger charge is -2.18. The highest BCUT2D eigenvalue weighted by Gasteiger charge is 2.33. The van der Waals surface area contributed by atoms with Gasteiger partial charge >= 0.3 is 12.0 Å². The van der Waals surface area contributed by atoms with Crippen LogP contribution < -0.4 is 10.6 Å². The summed E-state index contributed by atoms with van der Waals surface area (Å²) in [6, 6.07) is 2.90. The Bertz CT molecular complexity index is 553. The maximum atomic E-state index is 12.1. The number of carboxylic acids is 1. The van der Waals surface area contributed by atoms with Gasteiger partial charge in [0.25, 0.3) is 0 Å². The highest BCUT2D eigenvalue weighted by atomic mass is 79.9. The summed E-state index contributed by atoms with van der Waals surface area (Å²) in [5.41, 5.74) is 0.598. The summed E-state index contributed by atoms with van der Waals surface area (Å²) in [6.45, 7) is 0. The smallest absolute Gasteiger partial charge is 0.319 e. The molecular formula is C13H13Br3N2O3. The van der Waals surface area contributed by atoms with Crippen LogP contribution in [0.25, 0.3) is 0 Å². The number of nitrogens with one attached hydrogen (secondary N) is 2. The SMILES string of the molecule is O=C(O)CC(NC(=O)Nc1c(Br)cc(Br)cc1Br)C1CC1. The second-order valence-electron chi connectivity index (χ2n) is 4.88. The second kappa shape index (κ2) is 7.11. The molecule has 2 amide bonds. The molecular weight excluding hydrogens is 472 g/mol. The molecule has 1 aromatic rings. The summed E-state index contributed by atoms with van der Waals surface area (Å²) >= 11 is 10.1. The minimum absolute atomic E-state index is 0.0548. The lowest BCUT2D eigenvalue weighted by atomic mass is 10.1. The monoisotopic (exact) mass is 482 g/mol. The lowest BCUT2D eigenvalue weighted by Crippen LogP contribution is -2.40. The molecule has 114 valence electrons. The number of amides is 2. The van der Waals surface area contributed by atoms with Crippen LogP contribution in [0.4, 0.5) is 10.5 Å². The summed E-state index contributed by atoms with van der Waals surface area (Å²) in [4.78, 5) is 22.9. The van der Waals surface area contributed by atoms with Crippen molar-refractivity contribution in [3.05, 3.63) is 25.6 Å². The molecule has 0 saturated heterocycles. The Kier molecular flexibility index (Phi) is 5.67. The van der Waals surface area contributed by atoms with E-state index in [4.69, 9.17) is 5.11 Å². The summed E-state index contributed by atoms with van der Waals surface area (Å²) in [5.74, 6) is -0.637. The Morgan fingerprint density at radius 3 is 2.29 bits per heavy atom. The fourth-order valence-electron chi connectivity index (χ4n) is 2.00. The predicted octanol–water partition coefficient (Wildman–Crippen LogP) is 4.35. The van der Waals surface area contributed by atoms with E-state index in [0.29, 0.717) is 5.69 Å². The normalized spacial score (nSPS) is 15.4. The molecule has 0 aromatic heterocycles. The van der Waals surface area contributed by atoms with Crippen molar-refractivity contribution in [2.75, 3.05) is 5.32 Å². The molecule has 1 aliphatic rings. The third-order valence-electron chi connectivity index (χ3n) is 3.15. The van der Waals surface area contributed by atoms with E-state index in [-0.39, 0.29) is 18.4 Å². The average molecular weight is 485 g/mol. The Balaban J connectivity index is 2.02. The van der Waals surface area contributed by atoms with E-state index in [9.17, 15) is 9.59 Å². The largest absolute Gasteiger partial charge is 0.481 e. The third-order valence-corrected chi connectivity index (χ3v) is 4.86. The number of hydrogen-bond acceptors (Lipinski definition) is 2. The molecule has 1 aliphatic carbocycles. The molecule has 1 aromatic carbocycles. The van der Waals surface area contributed by atoms with Crippen molar-refractivity contribution in [2.45, 2.75) is 25.3 Å². The van der Waals surface area contributed by atoms with Crippen molar-refractivity contribution in [1.82, 2.24) is 5.32 Å². The lowest BCUT2D eigenvalue weighted by molar-refractivity contribution is -0.137. The topological polar surface area (TPSA) is 78.4 Å². The van der Waals surface area contributed by atoms with Crippen LogP contribution in [0.3, 0.4) is 0 Å². The number of carbonyl (C=O) groups is 2. The zero-order valence-electron chi connectivity index (χ0n) is 10.8. The van der Waals surface area contributed by atoms with E-state index in [1.807, 2.05) is 12.1 Å². The molecule has 2 rings (SSSR count). The molecule has 1 saturated carbocycles. The molecule has 1 unspecified atom stereocenters. The van der Waals surface area contributed by atoms with Crippen LogP contribution in [0.2, 0.25) is 0 Å². The van der Waals surface area contributed by atoms with E-state index < -0.39 is 12.0 Å². The van der Waals surface area contributed by atoms with Crippen molar-refractivity contribution < 1.29 is 14.7 Å². The van der Waals surface area contributed by atoms with Gasteiger partial charge in [0.15, 0.2) is 0 Å². The number of hydrogen-bond donors (Lipinski definition) is 3. The van der Waals surface area contributed by atoms with Crippen molar-refractivity contribution in [3.63, 3.8) is 0 Å². The van der Waals surface area contributed by atoms with E-state index in [0.717, 1.165) is 26.3 Å². The molecule has 0 radical (unpaired) electrons. The Morgan fingerprint density at radius 1 is 1.24 bits per heavy atom. The zero-order chi connectivity index (χ0) is 15.6. The standard InChI is InChI=1S/C13H13Br3N2O3/c14-7-3-8(15)12(9(16)4-7)18-13(21)17-10(5-11(19)20)6-1-2-6/h3-4,6,10H,1-2,5H2,(H,19,20)(H2,17,18,21). The maximum Gasteiger partial charge on any atom is 0.319 e. The van der Waals surface area contributed by atoms with Gasteiger partial charge in [-0.05, 0) is 62.8 Å². The van der Waals surface area contributed by atoms with Gasteiger partial charge in [-0.1, -0.05) is 15.9 Å². The molecule has 0 spiro atoms. The zero-order valence-corrected chi connectivity index (χ0v) is 15.6. The summed E-state index contributed by atoms with van der Waals surface area (Å²) in [5, 5.41) is 14.4. The quantitative estimate of drug-likeness (QED) is 0.581. The van der Waals surface area contributed by atoms with Gasteiger partial charge in [0.2, 0.25) is 0 Å². The van der Waals surface area contributed by atoms with Gasteiger partial charge in [0.05, 0.1) is 12.1 Å². The Hall–Kier alpha value is -0.600. The number of halogens is 3. The van der Waals surface area contributed by atoms with Crippen molar-refractivity contribution in [2.24, 2.45) is 5.92 Å². The minimum Gasteiger partial charge on any atom is -0.481 e. The first-order valence-electron chi connectivity index (χ1n) is 6.30. The number of anilines is 1.